The molecule has 2 aromatic carbocycles. The third-order valence-electron chi connectivity index (χ3n) is 4.47. The molecule has 1 aromatic heterocycles. The van der Waals surface area contributed by atoms with Gasteiger partial charge in [-0.15, -0.1) is 0 Å². The van der Waals surface area contributed by atoms with Gasteiger partial charge in [0.25, 0.3) is 5.91 Å². The highest BCUT2D eigenvalue weighted by atomic mass is 35.5. The molecule has 0 aliphatic carbocycles. The van der Waals surface area contributed by atoms with Gasteiger partial charge in [0.15, 0.2) is 6.61 Å². The van der Waals surface area contributed by atoms with Crippen molar-refractivity contribution in [1.29, 1.82) is 0 Å². The minimum atomic E-state index is -0.379. The number of carbonyl (C=O) groups excluding carboxylic acids is 1. The number of imidazole rings is 1. The van der Waals surface area contributed by atoms with E-state index in [1.54, 1.807) is 0 Å². The lowest BCUT2D eigenvalue weighted by Crippen LogP contribution is -2.24. The van der Waals surface area contributed by atoms with E-state index in [1.165, 1.54) is 11.8 Å². The minimum absolute atomic E-state index is 0.144. The summed E-state index contributed by atoms with van der Waals surface area (Å²) in [4.78, 5) is 18.4. The Balaban J connectivity index is 1.67. The van der Waals surface area contributed by atoms with Crippen molar-refractivity contribution in [2.24, 2.45) is 5.10 Å². The fraction of sp³-hybridized carbons (Fsp3) is 0.227. The summed E-state index contributed by atoms with van der Waals surface area (Å²) >= 11 is 6.54. The number of nitrogens with zero attached hydrogens (tertiary/aromatic N) is 4. The summed E-state index contributed by atoms with van der Waals surface area (Å²) in [6.45, 7) is 3.87. The number of aryl methyl sites for hydroxylation is 2. The monoisotopic (exact) mass is 425 g/mol. The molecule has 156 valence electrons. The third-order valence-corrected chi connectivity index (χ3v) is 4.83. The van der Waals surface area contributed by atoms with Gasteiger partial charge in [0.1, 0.15) is 16.6 Å². The van der Waals surface area contributed by atoms with Crippen molar-refractivity contribution < 1.29 is 9.53 Å². The molecule has 0 atom stereocenters. The van der Waals surface area contributed by atoms with E-state index in [4.69, 9.17) is 16.3 Å². The molecular formula is C22H24ClN5O2. The number of nitrogens with one attached hydrogen (secondary N) is 1. The van der Waals surface area contributed by atoms with Crippen LogP contribution in [0.25, 0.3) is 5.69 Å². The Morgan fingerprint density at radius 2 is 1.93 bits per heavy atom. The first-order chi connectivity index (χ1) is 14.4. The highest BCUT2D eigenvalue weighted by molar-refractivity contribution is 6.32. The van der Waals surface area contributed by atoms with E-state index in [2.05, 4.69) is 15.5 Å². The number of para-hydroxylation sites is 1. The Hall–Kier alpha value is -3.32. The summed E-state index contributed by atoms with van der Waals surface area (Å²) in [6, 6.07) is 15.3. The van der Waals surface area contributed by atoms with Gasteiger partial charge in [-0.3, -0.25) is 9.36 Å². The molecule has 0 bridgehead atoms. The fourth-order valence-electron chi connectivity index (χ4n) is 2.74. The second kappa shape index (κ2) is 9.45. The maximum absolute atomic E-state index is 12.0. The number of ether oxygens (including phenoxy) is 1. The molecule has 1 amide bonds. The molecule has 30 heavy (non-hydrogen) atoms. The average Bonchev–Trinajstić information content (AvgIpc) is 3.06. The van der Waals surface area contributed by atoms with Crippen LogP contribution in [0, 0.1) is 13.8 Å². The first-order valence-corrected chi connectivity index (χ1v) is 9.77. The third kappa shape index (κ3) is 4.99. The lowest BCUT2D eigenvalue weighted by molar-refractivity contribution is -0.123. The van der Waals surface area contributed by atoms with Crippen molar-refractivity contribution in [3.63, 3.8) is 0 Å². The molecule has 0 spiro atoms. The number of hydrogen-bond acceptors (Lipinski definition) is 5. The number of rotatable bonds is 7. The van der Waals surface area contributed by atoms with E-state index < -0.39 is 0 Å². The molecule has 0 aliphatic rings. The molecule has 1 heterocycles. The van der Waals surface area contributed by atoms with Crippen molar-refractivity contribution in [1.82, 2.24) is 15.0 Å². The normalized spacial score (nSPS) is 11.0. The summed E-state index contributed by atoms with van der Waals surface area (Å²) in [7, 11) is 3.76. The minimum Gasteiger partial charge on any atom is -0.484 e. The predicted octanol–water partition coefficient (Wildman–Crippen LogP) is 3.74. The molecule has 0 radical (unpaired) electrons. The lowest BCUT2D eigenvalue weighted by Gasteiger charge is -2.14. The summed E-state index contributed by atoms with van der Waals surface area (Å²) in [5, 5.41) is 4.37. The Morgan fingerprint density at radius 1 is 1.20 bits per heavy atom. The largest absolute Gasteiger partial charge is 0.484 e. The van der Waals surface area contributed by atoms with Crippen LogP contribution in [-0.4, -0.2) is 42.4 Å². The van der Waals surface area contributed by atoms with Gasteiger partial charge in [-0.25, -0.2) is 10.4 Å². The van der Waals surface area contributed by atoms with Gasteiger partial charge in [0.05, 0.1) is 6.21 Å². The van der Waals surface area contributed by atoms with Crippen molar-refractivity contribution in [2.75, 3.05) is 25.6 Å². The molecule has 8 heteroatoms. The molecule has 1 N–H and O–H groups in total. The average molecular weight is 426 g/mol. The van der Waals surface area contributed by atoms with E-state index in [1.807, 2.05) is 85.9 Å². The van der Waals surface area contributed by atoms with Crippen LogP contribution in [0.15, 0.2) is 53.6 Å². The van der Waals surface area contributed by atoms with Gasteiger partial charge in [-0.2, -0.15) is 5.10 Å². The van der Waals surface area contributed by atoms with Crippen LogP contribution >= 0.6 is 11.6 Å². The molecule has 3 rings (SSSR count). The predicted molar refractivity (Wildman–Crippen MR) is 120 cm³/mol. The van der Waals surface area contributed by atoms with Crippen LogP contribution in [0.3, 0.4) is 0 Å². The second-order valence-electron chi connectivity index (χ2n) is 6.98. The van der Waals surface area contributed by atoms with Gasteiger partial charge >= 0.3 is 0 Å². The van der Waals surface area contributed by atoms with Crippen LogP contribution in [0.5, 0.6) is 5.75 Å². The molecule has 0 saturated heterocycles. The standard InChI is InChI=1S/C22H24ClN5O2/c1-15-10-11-18(12-16(15)2)30-14-20(29)26-24-13-19-21(23)28(22(25-19)27(3)4)17-8-6-5-7-9-17/h5-13H,14H2,1-4H3,(H,26,29)/b24-13+. The fourth-order valence-corrected chi connectivity index (χ4v) is 3.01. The summed E-state index contributed by atoms with van der Waals surface area (Å²) in [5.74, 6) is 0.908. The van der Waals surface area contributed by atoms with Gasteiger partial charge in [0, 0.05) is 19.8 Å². The van der Waals surface area contributed by atoms with Crippen LogP contribution in [0.2, 0.25) is 5.15 Å². The molecule has 7 nitrogen and oxygen atoms in total. The highest BCUT2D eigenvalue weighted by Crippen LogP contribution is 2.26. The molecule has 0 aliphatic heterocycles. The van der Waals surface area contributed by atoms with Crippen LogP contribution in [0.4, 0.5) is 5.95 Å². The Kier molecular flexibility index (Phi) is 6.74. The lowest BCUT2D eigenvalue weighted by atomic mass is 10.1. The maximum atomic E-state index is 12.0. The second-order valence-corrected chi connectivity index (χ2v) is 7.34. The number of halogens is 1. The van der Waals surface area contributed by atoms with Gasteiger partial charge in [-0.05, 0) is 49.2 Å². The molecule has 3 aromatic rings. The maximum Gasteiger partial charge on any atom is 0.277 e. The Labute approximate surface area is 180 Å². The topological polar surface area (TPSA) is 71.8 Å². The van der Waals surface area contributed by atoms with Crippen molar-refractivity contribution in [3.05, 3.63) is 70.5 Å². The van der Waals surface area contributed by atoms with Gasteiger partial charge < -0.3 is 9.64 Å². The number of benzene rings is 2. The number of hydrogen-bond donors (Lipinski definition) is 1. The summed E-state index contributed by atoms with van der Waals surface area (Å²) in [6.07, 6.45) is 1.42. The van der Waals surface area contributed by atoms with Gasteiger partial charge in [-0.1, -0.05) is 35.9 Å². The number of carbonyl (C=O) groups is 1. The van der Waals surface area contributed by atoms with E-state index in [9.17, 15) is 4.79 Å². The van der Waals surface area contributed by atoms with E-state index >= 15 is 0 Å². The van der Waals surface area contributed by atoms with E-state index in [-0.39, 0.29) is 12.5 Å². The zero-order valence-corrected chi connectivity index (χ0v) is 18.1. The molecular weight excluding hydrogens is 402 g/mol. The molecule has 0 unspecified atom stereocenters. The summed E-state index contributed by atoms with van der Waals surface area (Å²) in [5.41, 5.74) is 6.03. The molecule has 0 fully saturated rings. The quantitative estimate of drug-likeness (QED) is 0.462. The van der Waals surface area contributed by atoms with Crippen molar-refractivity contribution >= 4 is 29.7 Å². The van der Waals surface area contributed by atoms with E-state index in [0.29, 0.717) is 22.5 Å². The highest BCUT2D eigenvalue weighted by Gasteiger charge is 2.17. The first-order valence-electron chi connectivity index (χ1n) is 9.39. The van der Waals surface area contributed by atoms with E-state index in [0.717, 1.165) is 11.3 Å². The zero-order chi connectivity index (χ0) is 21.7. The Morgan fingerprint density at radius 3 is 2.60 bits per heavy atom. The SMILES string of the molecule is Cc1ccc(OCC(=O)N/N=C/c2nc(N(C)C)n(-c3ccccc3)c2Cl)cc1C. The zero-order valence-electron chi connectivity index (χ0n) is 17.4. The van der Waals surface area contributed by atoms with Crippen molar-refractivity contribution in [2.45, 2.75) is 13.8 Å². The van der Waals surface area contributed by atoms with Crippen LogP contribution in [-0.2, 0) is 4.79 Å². The van der Waals surface area contributed by atoms with Gasteiger partial charge in [0.2, 0.25) is 5.95 Å². The number of amides is 1. The molecule has 0 saturated carbocycles. The number of aromatic nitrogens is 2. The first kappa shape index (κ1) is 21.4. The summed E-state index contributed by atoms with van der Waals surface area (Å²) < 4.78 is 7.32. The van der Waals surface area contributed by atoms with Crippen LogP contribution < -0.4 is 15.1 Å². The smallest absolute Gasteiger partial charge is 0.277 e. The number of anilines is 1. The Bertz CT molecular complexity index is 1060. The number of hydrazone groups is 1. The van der Waals surface area contributed by atoms with Crippen LogP contribution in [0.1, 0.15) is 16.8 Å². The van der Waals surface area contributed by atoms with Crippen molar-refractivity contribution in [3.8, 4) is 11.4 Å².